The third kappa shape index (κ3) is 3.55. The van der Waals surface area contributed by atoms with E-state index < -0.39 is 0 Å². The molecule has 4 nitrogen and oxygen atoms in total. The molecule has 6 heteroatoms. The summed E-state index contributed by atoms with van der Waals surface area (Å²) in [6.45, 7) is 1.29. The van der Waals surface area contributed by atoms with Crippen LogP contribution in [-0.2, 0) is 0 Å². The first kappa shape index (κ1) is 17.9. The fraction of sp³-hybridized carbons (Fsp3) is 0.316. The topological polar surface area (TPSA) is 38.8 Å². The quantitative estimate of drug-likeness (QED) is 0.776. The second kappa shape index (κ2) is 7.54. The first-order chi connectivity index (χ1) is 12.0. The van der Waals surface area contributed by atoms with Crippen LogP contribution in [-0.4, -0.2) is 38.1 Å². The molecule has 0 aromatic heterocycles. The molecule has 3 rings (SSSR count). The SMILES string of the molecule is COc1cccc(OC)c1C(=O)N1CCC(c2ccc(Cl)c(Cl)c2)C1. The number of likely N-dealkylation sites (tertiary alicyclic amines) is 1. The van der Waals surface area contributed by atoms with Crippen LogP contribution in [0.4, 0.5) is 0 Å². The largest absolute Gasteiger partial charge is 0.496 e. The maximum Gasteiger partial charge on any atom is 0.261 e. The molecule has 1 amide bonds. The number of hydrogen-bond acceptors (Lipinski definition) is 3. The van der Waals surface area contributed by atoms with Crippen LogP contribution in [0.3, 0.4) is 0 Å². The second-order valence-corrected chi connectivity index (χ2v) is 6.76. The Morgan fingerprint density at radius 1 is 1.08 bits per heavy atom. The number of ether oxygens (including phenoxy) is 2. The van der Waals surface area contributed by atoms with Crippen LogP contribution in [0.5, 0.6) is 11.5 Å². The fourth-order valence-electron chi connectivity index (χ4n) is 3.20. The average Bonchev–Trinajstić information content (AvgIpc) is 3.12. The monoisotopic (exact) mass is 379 g/mol. The van der Waals surface area contributed by atoms with Crippen molar-refractivity contribution in [3.63, 3.8) is 0 Å². The highest BCUT2D eigenvalue weighted by Gasteiger charge is 2.31. The van der Waals surface area contributed by atoms with E-state index in [1.165, 1.54) is 0 Å². The first-order valence-corrected chi connectivity index (χ1v) is 8.76. The molecular formula is C19H19Cl2NO3. The Hall–Kier alpha value is -1.91. The lowest BCUT2D eigenvalue weighted by Crippen LogP contribution is -2.29. The van der Waals surface area contributed by atoms with Gasteiger partial charge in [0.2, 0.25) is 0 Å². The molecule has 2 aromatic carbocycles. The molecule has 2 aromatic rings. The smallest absolute Gasteiger partial charge is 0.261 e. The van der Waals surface area contributed by atoms with Gasteiger partial charge >= 0.3 is 0 Å². The number of benzene rings is 2. The number of carbonyl (C=O) groups is 1. The summed E-state index contributed by atoms with van der Waals surface area (Å²) in [6.07, 6.45) is 0.876. The fourth-order valence-corrected chi connectivity index (χ4v) is 3.51. The highest BCUT2D eigenvalue weighted by molar-refractivity contribution is 6.42. The lowest BCUT2D eigenvalue weighted by atomic mass is 9.99. The van der Waals surface area contributed by atoms with Gasteiger partial charge in [0.1, 0.15) is 17.1 Å². The summed E-state index contributed by atoms with van der Waals surface area (Å²) in [5.41, 5.74) is 1.55. The van der Waals surface area contributed by atoms with E-state index in [9.17, 15) is 4.79 Å². The zero-order valence-electron chi connectivity index (χ0n) is 14.1. The lowest BCUT2D eigenvalue weighted by molar-refractivity contribution is 0.0784. The number of nitrogens with zero attached hydrogens (tertiary/aromatic N) is 1. The molecule has 0 N–H and O–H groups in total. The van der Waals surface area contributed by atoms with Gasteiger partial charge in [-0.15, -0.1) is 0 Å². The second-order valence-electron chi connectivity index (χ2n) is 5.95. The van der Waals surface area contributed by atoms with Crippen molar-refractivity contribution in [1.82, 2.24) is 4.90 Å². The molecular weight excluding hydrogens is 361 g/mol. The zero-order chi connectivity index (χ0) is 18.0. The Bertz CT molecular complexity index is 772. The molecule has 0 saturated carbocycles. The van der Waals surface area contributed by atoms with E-state index in [2.05, 4.69) is 0 Å². The Labute approximate surface area is 157 Å². The molecule has 25 heavy (non-hydrogen) atoms. The Kier molecular flexibility index (Phi) is 5.40. The molecule has 1 saturated heterocycles. The van der Waals surface area contributed by atoms with E-state index in [-0.39, 0.29) is 11.8 Å². The molecule has 1 unspecified atom stereocenters. The summed E-state index contributed by atoms with van der Waals surface area (Å²) in [5, 5.41) is 1.07. The minimum atomic E-state index is -0.0862. The summed E-state index contributed by atoms with van der Waals surface area (Å²) in [6, 6.07) is 11.0. The molecule has 1 aliphatic rings. The van der Waals surface area contributed by atoms with Crippen molar-refractivity contribution in [2.24, 2.45) is 0 Å². The minimum absolute atomic E-state index is 0.0862. The van der Waals surface area contributed by atoms with E-state index in [1.54, 1.807) is 38.5 Å². The van der Waals surface area contributed by atoms with E-state index in [1.807, 2.05) is 17.0 Å². The van der Waals surface area contributed by atoms with Gasteiger partial charge in [-0.1, -0.05) is 35.3 Å². The number of hydrogen-bond donors (Lipinski definition) is 0. The molecule has 0 spiro atoms. The van der Waals surface area contributed by atoms with Gasteiger partial charge in [0.05, 0.1) is 24.3 Å². The minimum Gasteiger partial charge on any atom is -0.496 e. The van der Waals surface area contributed by atoms with Crippen molar-refractivity contribution in [2.45, 2.75) is 12.3 Å². The Balaban J connectivity index is 1.82. The lowest BCUT2D eigenvalue weighted by Gasteiger charge is -2.20. The van der Waals surface area contributed by atoms with E-state index in [0.29, 0.717) is 40.2 Å². The average molecular weight is 380 g/mol. The van der Waals surface area contributed by atoms with Gasteiger partial charge in [-0.3, -0.25) is 4.79 Å². The molecule has 0 bridgehead atoms. The Morgan fingerprint density at radius 2 is 1.76 bits per heavy atom. The molecule has 0 radical (unpaired) electrons. The normalized spacial score (nSPS) is 16.8. The predicted molar refractivity (Wildman–Crippen MR) is 99.3 cm³/mol. The first-order valence-electron chi connectivity index (χ1n) is 8.00. The number of carbonyl (C=O) groups excluding carboxylic acids is 1. The standard InChI is InChI=1S/C19H19Cl2NO3/c1-24-16-4-3-5-17(25-2)18(16)19(23)22-9-8-13(11-22)12-6-7-14(20)15(21)10-12/h3-7,10,13H,8-9,11H2,1-2H3. The third-order valence-electron chi connectivity index (χ3n) is 4.53. The summed E-state index contributed by atoms with van der Waals surface area (Å²) < 4.78 is 10.7. The van der Waals surface area contributed by atoms with Gasteiger partial charge in [-0.2, -0.15) is 0 Å². The zero-order valence-corrected chi connectivity index (χ0v) is 15.6. The van der Waals surface area contributed by atoms with Crippen molar-refractivity contribution in [3.05, 3.63) is 57.6 Å². The van der Waals surface area contributed by atoms with Crippen molar-refractivity contribution in [1.29, 1.82) is 0 Å². The van der Waals surface area contributed by atoms with Crippen LogP contribution in [0.15, 0.2) is 36.4 Å². The molecule has 132 valence electrons. The number of amides is 1. The van der Waals surface area contributed by atoms with Crippen LogP contribution >= 0.6 is 23.2 Å². The van der Waals surface area contributed by atoms with Gasteiger partial charge in [-0.05, 0) is 36.2 Å². The maximum absolute atomic E-state index is 13.0. The van der Waals surface area contributed by atoms with E-state index in [4.69, 9.17) is 32.7 Å². The predicted octanol–water partition coefficient (Wildman–Crippen LogP) is 4.64. The number of halogens is 2. The van der Waals surface area contributed by atoms with Gasteiger partial charge in [0, 0.05) is 19.0 Å². The van der Waals surface area contributed by atoms with Crippen molar-refractivity contribution >= 4 is 29.1 Å². The van der Waals surface area contributed by atoms with Gasteiger partial charge in [0.25, 0.3) is 5.91 Å². The number of methoxy groups -OCH3 is 2. The summed E-state index contributed by atoms with van der Waals surface area (Å²) in [5.74, 6) is 1.18. The van der Waals surface area contributed by atoms with E-state index in [0.717, 1.165) is 12.0 Å². The molecule has 1 atom stereocenters. The van der Waals surface area contributed by atoms with Crippen molar-refractivity contribution in [3.8, 4) is 11.5 Å². The van der Waals surface area contributed by atoms with Crippen molar-refractivity contribution in [2.75, 3.05) is 27.3 Å². The van der Waals surface area contributed by atoms with Crippen LogP contribution < -0.4 is 9.47 Å². The van der Waals surface area contributed by atoms with Crippen LogP contribution in [0, 0.1) is 0 Å². The molecule has 1 aliphatic heterocycles. The van der Waals surface area contributed by atoms with Crippen LogP contribution in [0.25, 0.3) is 0 Å². The number of rotatable bonds is 4. The van der Waals surface area contributed by atoms with Gasteiger partial charge in [0.15, 0.2) is 0 Å². The van der Waals surface area contributed by atoms with Crippen LogP contribution in [0.1, 0.15) is 28.3 Å². The van der Waals surface area contributed by atoms with Crippen LogP contribution in [0.2, 0.25) is 10.0 Å². The summed E-state index contributed by atoms with van der Waals surface area (Å²) in [7, 11) is 3.10. The highest BCUT2D eigenvalue weighted by Crippen LogP contribution is 2.35. The van der Waals surface area contributed by atoms with Crippen molar-refractivity contribution < 1.29 is 14.3 Å². The summed E-state index contributed by atoms with van der Waals surface area (Å²) >= 11 is 12.1. The maximum atomic E-state index is 13.0. The third-order valence-corrected chi connectivity index (χ3v) is 5.27. The van der Waals surface area contributed by atoms with Gasteiger partial charge in [-0.25, -0.2) is 0 Å². The Morgan fingerprint density at radius 3 is 2.36 bits per heavy atom. The summed E-state index contributed by atoms with van der Waals surface area (Å²) in [4.78, 5) is 14.9. The molecule has 1 heterocycles. The van der Waals surface area contributed by atoms with E-state index >= 15 is 0 Å². The highest BCUT2D eigenvalue weighted by atomic mass is 35.5. The molecule has 0 aliphatic carbocycles. The van der Waals surface area contributed by atoms with Gasteiger partial charge < -0.3 is 14.4 Å². The molecule has 1 fully saturated rings.